The second-order valence-corrected chi connectivity index (χ2v) is 10.1. The van der Waals surface area contributed by atoms with E-state index < -0.39 is 11.0 Å². The zero-order chi connectivity index (χ0) is 20.4. The van der Waals surface area contributed by atoms with Crippen molar-refractivity contribution in [2.75, 3.05) is 16.6 Å². The number of halogens is 1. The molecule has 5 nitrogen and oxygen atoms in total. The summed E-state index contributed by atoms with van der Waals surface area (Å²) in [7, 11) is -1.05. The fourth-order valence-corrected chi connectivity index (χ4v) is 4.99. The standard InChI is InChI=1S/C21H23FN4OS2/c1-21(2,19-12-28-20(25-19)26-29(27)16-6-7-16)13-24-18-8-5-14(10-17(18)22)15-4-3-9-23-11-15/h3-5,8-12,16,24H,6-7,13H2,1-2H3,(H,25,26). The molecule has 0 spiro atoms. The first-order valence-corrected chi connectivity index (χ1v) is 11.6. The van der Waals surface area contributed by atoms with E-state index >= 15 is 0 Å². The Kier molecular flexibility index (Phi) is 5.65. The van der Waals surface area contributed by atoms with Crippen LogP contribution in [0.5, 0.6) is 0 Å². The van der Waals surface area contributed by atoms with E-state index in [0.29, 0.717) is 17.4 Å². The van der Waals surface area contributed by atoms with Crippen LogP contribution >= 0.6 is 11.3 Å². The third kappa shape index (κ3) is 4.82. The average molecular weight is 431 g/mol. The van der Waals surface area contributed by atoms with Crippen molar-refractivity contribution in [2.24, 2.45) is 0 Å². The molecule has 1 atom stereocenters. The molecule has 152 valence electrons. The van der Waals surface area contributed by atoms with E-state index in [2.05, 4.69) is 33.9 Å². The summed E-state index contributed by atoms with van der Waals surface area (Å²) in [4.78, 5) is 8.67. The molecule has 8 heteroatoms. The van der Waals surface area contributed by atoms with Crippen molar-refractivity contribution in [1.82, 2.24) is 9.97 Å². The fourth-order valence-electron chi connectivity index (χ4n) is 2.86. The lowest BCUT2D eigenvalue weighted by molar-refractivity contribution is 0.539. The van der Waals surface area contributed by atoms with E-state index in [1.807, 2.05) is 23.6 Å². The maximum Gasteiger partial charge on any atom is 0.194 e. The molecule has 1 aliphatic carbocycles. The predicted octanol–water partition coefficient (Wildman–Crippen LogP) is 4.97. The summed E-state index contributed by atoms with van der Waals surface area (Å²) in [5, 5.41) is 6.10. The predicted molar refractivity (Wildman–Crippen MR) is 118 cm³/mol. The number of hydrogen-bond acceptors (Lipinski definition) is 5. The highest BCUT2D eigenvalue weighted by atomic mass is 32.2. The van der Waals surface area contributed by atoms with Crippen molar-refractivity contribution in [3.05, 3.63) is 59.6 Å². The minimum Gasteiger partial charge on any atom is -0.382 e. The van der Waals surface area contributed by atoms with Gasteiger partial charge in [-0.25, -0.2) is 13.6 Å². The van der Waals surface area contributed by atoms with Gasteiger partial charge in [-0.05, 0) is 36.6 Å². The minimum atomic E-state index is -1.05. The molecule has 4 rings (SSSR count). The summed E-state index contributed by atoms with van der Waals surface area (Å²) in [6.45, 7) is 4.63. The molecule has 1 aromatic carbocycles. The fraction of sp³-hybridized carbons (Fsp3) is 0.333. The van der Waals surface area contributed by atoms with Crippen LogP contribution in [0.4, 0.5) is 15.2 Å². The van der Waals surface area contributed by atoms with Crippen LogP contribution in [0.1, 0.15) is 32.4 Å². The smallest absolute Gasteiger partial charge is 0.194 e. The molecule has 0 amide bonds. The molecule has 0 aliphatic heterocycles. The topological polar surface area (TPSA) is 66.9 Å². The maximum atomic E-state index is 14.6. The quantitative estimate of drug-likeness (QED) is 0.529. The molecule has 2 N–H and O–H groups in total. The first kappa shape index (κ1) is 20.0. The molecule has 1 saturated carbocycles. The molecule has 1 aliphatic rings. The van der Waals surface area contributed by atoms with Gasteiger partial charge in [-0.15, -0.1) is 11.3 Å². The van der Waals surface area contributed by atoms with Crippen molar-refractivity contribution in [2.45, 2.75) is 37.4 Å². The van der Waals surface area contributed by atoms with Crippen LogP contribution < -0.4 is 10.0 Å². The lowest BCUT2D eigenvalue weighted by atomic mass is 9.90. The van der Waals surface area contributed by atoms with Crippen LogP contribution in [0.3, 0.4) is 0 Å². The van der Waals surface area contributed by atoms with Crippen LogP contribution in [-0.4, -0.2) is 26.0 Å². The Bertz CT molecular complexity index is 1020. The number of rotatable bonds is 8. The van der Waals surface area contributed by atoms with Gasteiger partial charge in [0.25, 0.3) is 0 Å². The Morgan fingerprint density at radius 2 is 2.10 bits per heavy atom. The third-order valence-corrected chi connectivity index (χ3v) is 7.26. The Labute approximate surface area is 176 Å². The van der Waals surface area contributed by atoms with Crippen LogP contribution in [0.2, 0.25) is 0 Å². The lowest BCUT2D eigenvalue weighted by Crippen LogP contribution is -2.28. The zero-order valence-corrected chi connectivity index (χ0v) is 17.9. The van der Waals surface area contributed by atoms with Gasteiger partial charge in [0.1, 0.15) is 16.8 Å². The largest absolute Gasteiger partial charge is 0.382 e. The van der Waals surface area contributed by atoms with Gasteiger partial charge in [-0.3, -0.25) is 9.71 Å². The van der Waals surface area contributed by atoms with E-state index in [1.54, 1.807) is 18.5 Å². The molecule has 29 heavy (non-hydrogen) atoms. The summed E-state index contributed by atoms with van der Waals surface area (Å²) in [6, 6.07) is 8.89. The van der Waals surface area contributed by atoms with Gasteiger partial charge in [0.2, 0.25) is 0 Å². The Hall–Kier alpha value is -2.32. The van der Waals surface area contributed by atoms with Crippen molar-refractivity contribution < 1.29 is 8.60 Å². The Morgan fingerprint density at radius 1 is 1.28 bits per heavy atom. The molecule has 0 bridgehead atoms. The van der Waals surface area contributed by atoms with Gasteiger partial charge in [-0.1, -0.05) is 26.0 Å². The van der Waals surface area contributed by atoms with Crippen molar-refractivity contribution in [3.63, 3.8) is 0 Å². The van der Waals surface area contributed by atoms with Crippen LogP contribution in [0, 0.1) is 5.82 Å². The van der Waals surface area contributed by atoms with E-state index in [0.717, 1.165) is 29.7 Å². The van der Waals surface area contributed by atoms with E-state index in [9.17, 15) is 8.60 Å². The van der Waals surface area contributed by atoms with Crippen molar-refractivity contribution in [3.8, 4) is 11.1 Å². The molecular weight excluding hydrogens is 407 g/mol. The van der Waals surface area contributed by atoms with Crippen molar-refractivity contribution in [1.29, 1.82) is 0 Å². The first-order valence-electron chi connectivity index (χ1n) is 9.49. The van der Waals surface area contributed by atoms with Crippen LogP contribution in [0.25, 0.3) is 11.1 Å². The molecule has 1 fully saturated rings. The number of thiazole rings is 1. The summed E-state index contributed by atoms with van der Waals surface area (Å²) in [5.41, 5.74) is 2.70. The van der Waals surface area contributed by atoms with E-state index in [1.165, 1.54) is 17.4 Å². The maximum absolute atomic E-state index is 14.6. The highest BCUT2D eigenvalue weighted by molar-refractivity contribution is 7.87. The van der Waals surface area contributed by atoms with Gasteiger partial charge < -0.3 is 5.32 Å². The second-order valence-electron chi connectivity index (χ2n) is 7.81. The molecule has 0 radical (unpaired) electrons. The Morgan fingerprint density at radius 3 is 2.79 bits per heavy atom. The van der Waals surface area contributed by atoms with E-state index in [-0.39, 0.29) is 16.5 Å². The number of nitrogens with one attached hydrogen (secondary N) is 2. The number of benzene rings is 1. The number of anilines is 2. The SMILES string of the molecule is CC(C)(CNc1ccc(-c2cccnc2)cc1F)c1csc(NS(=O)C2CC2)n1. The third-order valence-electron chi connectivity index (χ3n) is 4.90. The summed E-state index contributed by atoms with van der Waals surface area (Å²) < 4.78 is 29.6. The highest BCUT2D eigenvalue weighted by Gasteiger charge is 2.30. The number of aromatic nitrogens is 2. The van der Waals surface area contributed by atoms with Gasteiger partial charge in [0, 0.05) is 35.3 Å². The zero-order valence-electron chi connectivity index (χ0n) is 16.3. The molecular formula is C21H23FN4OS2. The van der Waals surface area contributed by atoms with Gasteiger partial charge >= 0.3 is 0 Å². The first-order chi connectivity index (χ1) is 13.9. The molecule has 2 heterocycles. The second kappa shape index (κ2) is 8.20. The molecule has 1 unspecified atom stereocenters. The molecule has 0 saturated heterocycles. The lowest BCUT2D eigenvalue weighted by Gasteiger charge is -2.24. The Balaban J connectivity index is 1.41. The summed E-state index contributed by atoms with van der Waals surface area (Å²) in [6.07, 6.45) is 5.44. The number of pyridine rings is 1. The number of nitrogens with zero attached hydrogens (tertiary/aromatic N) is 2. The number of hydrogen-bond donors (Lipinski definition) is 2. The van der Waals surface area contributed by atoms with Gasteiger partial charge in [-0.2, -0.15) is 0 Å². The van der Waals surface area contributed by atoms with Crippen molar-refractivity contribution >= 4 is 33.1 Å². The molecule has 2 aromatic heterocycles. The highest BCUT2D eigenvalue weighted by Crippen LogP contribution is 2.31. The van der Waals surface area contributed by atoms with Gasteiger partial charge in [0.05, 0.1) is 16.6 Å². The van der Waals surface area contributed by atoms with Gasteiger partial charge in [0.15, 0.2) is 5.13 Å². The summed E-state index contributed by atoms with van der Waals surface area (Å²) in [5.74, 6) is -0.303. The average Bonchev–Trinajstić information content (AvgIpc) is 3.46. The molecule has 3 aromatic rings. The van der Waals surface area contributed by atoms with Crippen LogP contribution in [0.15, 0.2) is 48.1 Å². The van der Waals surface area contributed by atoms with Crippen LogP contribution in [-0.2, 0) is 16.4 Å². The minimum absolute atomic E-state index is 0.259. The summed E-state index contributed by atoms with van der Waals surface area (Å²) >= 11 is 1.45. The normalized spacial score (nSPS) is 15.1. The monoisotopic (exact) mass is 430 g/mol. The van der Waals surface area contributed by atoms with E-state index in [4.69, 9.17) is 0 Å².